The smallest absolute Gasteiger partial charge is 0.183 e. The van der Waals surface area contributed by atoms with Gasteiger partial charge in [0.15, 0.2) is 5.13 Å². The number of thiazole rings is 1. The van der Waals surface area contributed by atoms with E-state index in [1.807, 2.05) is 11.4 Å². The van der Waals surface area contributed by atoms with Crippen LogP contribution in [0.15, 0.2) is 23.8 Å². The Morgan fingerprint density at radius 2 is 2.25 bits per heavy atom. The lowest BCUT2D eigenvalue weighted by Crippen LogP contribution is -2.22. The first-order valence-corrected chi connectivity index (χ1v) is 7.96. The molecule has 4 nitrogen and oxygen atoms in total. The third-order valence-electron chi connectivity index (χ3n) is 3.44. The minimum Gasteiger partial charge on any atom is -0.381 e. The summed E-state index contributed by atoms with van der Waals surface area (Å²) in [5, 5.41) is 7.02. The molecule has 0 aliphatic carbocycles. The number of pyridine rings is 1. The molecule has 0 spiro atoms. The summed E-state index contributed by atoms with van der Waals surface area (Å²) >= 11 is 7.74. The van der Waals surface area contributed by atoms with E-state index in [0.29, 0.717) is 10.9 Å². The van der Waals surface area contributed by atoms with E-state index < -0.39 is 0 Å². The van der Waals surface area contributed by atoms with Gasteiger partial charge in [0, 0.05) is 43.1 Å². The van der Waals surface area contributed by atoms with Crippen LogP contribution in [0.4, 0.5) is 5.13 Å². The summed E-state index contributed by atoms with van der Waals surface area (Å²) in [5.74, 6) is 0.681. The van der Waals surface area contributed by atoms with Crippen molar-refractivity contribution in [2.24, 2.45) is 5.92 Å². The molecule has 0 amide bonds. The zero-order chi connectivity index (χ0) is 13.8. The second kappa shape index (κ2) is 6.52. The molecular formula is C14H16ClN3OS. The first kappa shape index (κ1) is 13.8. The van der Waals surface area contributed by atoms with Crippen molar-refractivity contribution >= 4 is 28.1 Å². The summed E-state index contributed by atoms with van der Waals surface area (Å²) in [6.45, 7) is 2.71. The number of hydrogen-bond acceptors (Lipinski definition) is 5. The lowest BCUT2D eigenvalue weighted by atomic mass is 10.0. The van der Waals surface area contributed by atoms with E-state index in [4.69, 9.17) is 16.3 Å². The molecule has 1 fully saturated rings. The molecule has 6 heteroatoms. The van der Waals surface area contributed by atoms with Gasteiger partial charge in [-0.1, -0.05) is 11.6 Å². The number of ether oxygens (including phenoxy) is 1. The Labute approximate surface area is 127 Å². The number of nitrogens with one attached hydrogen (secondary N) is 1. The Morgan fingerprint density at radius 3 is 3.05 bits per heavy atom. The monoisotopic (exact) mass is 309 g/mol. The molecule has 0 bridgehead atoms. The van der Waals surface area contributed by atoms with E-state index in [1.54, 1.807) is 23.7 Å². The molecule has 0 radical (unpaired) electrons. The van der Waals surface area contributed by atoms with Gasteiger partial charge in [0.25, 0.3) is 0 Å². The highest BCUT2D eigenvalue weighted by Crippen LogP contribution is 2.30. The maximum atomic E-state index is 6.13. The molecule has 0 atom stereocenters. The fraction of sp³-hybridized carbons (Fsp3) is 0.429. The Kier molecular flexibility index (Phi) is 4.50. The van der Waals surface area contributed by atoms with Crippen LogP contribution in [0, 0.1) is 5.92 Å². The average Bonchev–Trinajstić information content (AvgIpc) is 2.95. The third-order valence-corrected chi connectivity index (χ3v) is 4.54. The van der Waals surface area contributed by atoms with Gasteiger partial charge < -0.3 is 10.1 Å². The van der Waals surface area contributed by atoms with Crippen LogP contribution in [0.25, 0.3) is 11.3 Å². The van der Waals surface area contributed by atoms with Crippen LogP contribution in [-0.2, 0) is 4.74 Å². The van der Waals surface area contributed by atoms with Crippen LogP contribution in [-0.4, -0.2) is 29.7 Å². The van der Waals surface area contributed by atoms with Gasteiger partial charge in [-0.3, -0.25) is 4.98 Å². The number of aromatic nitrogens is 2. The lowest BCUT2D eigenvalue weighted by Gasteiger charge is -2.21. The molecule has 0 aromatic carbocycles. The van der Waals surface area contributed by atoms with Crippen LogP contribution < -0.4 is 5.32 Å². The number of halogens is 1. The van der Waals surface area contributed by atoms with Crippen molar-refractivity contribution in [3.05, 3.63) is 28.9 Å². The van der Waals surface area contributed by atoms with Gasteiger partial charge >= 0.3 is 0 Å². The summed E-state index contributed by atoms with van der Waals surface area (Å²) < 4.78 is 5.37. The van der Waals surface area contributed by atoms with Crippen LogP contribution in [0.2, 0.25) is 5.02 Å². The minimum absolute atomic E-state index is 0.633. The SMILES string of the molecule is Clc1cnccc1-c1csc(NCC2CCOCC2)n1. The zero-order valence-electron chi connectivity index (χ0n) is 11.0. The summed E-state index contributed by atoms with van der Waals surface area (Å²) in [7, 11) is 0. The molecule has 3 rings (SSSR count). The van der Waals surface area contributed by atoms with Crippen molar-refractivity contribution in [1.29, 1.82) is 0 Å². The molecule has 1 N–H and O–H groups in total. The summed E-state index contributed by atoms with van der Waals surface area (Å²) in [4.78, 5) is 8.58. The predicted octanol–water partition coefficient (Wildman–Crippen LogP) is 3.70. The van der Waals surface area contributed by atoms with Crippen molar-refractivity contribution in [3.63, 3.8) is 0 Å². The van der Waals surface area contributed by atoms with Crippen molar-refractivity contribution in [3.8, 4) is 11.3 Å². The van der Waals surface area contributed by atoms with Gasteiger partial charge in [0.2, 0.25) is 0 Å². The fourth-order valence-electron chi connectivity index (χ4n) is 2.24. The number of rotatable bonds is 4. The van der Waals surface area contributed by atoms with Gasteiger partial charge in [-0.2, -0.15) is 0 Å². The maximum Gasteiger partial charge on any atom is 0.183 e. The molecule has 2 aromatic heterocycles. The molecule has 1 aliphatic heterocycles. The van der Waals surface area contributed by atoms with Gasteiger partial charge in [-0.25, -0.2) is 4.98 Å². The largest absolute Gasteiger partial charge is 0.381 e. The molecule has 3 heterocycles. The molecular weight excluding hydrogens is 294 g/mol. The van der Waals surface area contributed by atoms with Crippen LogP contribution in [0.5, 0.6) is 0 Å². The predicted molar refractivity (Wildman–Crippen MR) is 82.4 cm³/mol. The van der Waals surface area contributed by atoms with Crippen molar-refractivity contribution in [2.75, 3.05) is 25.1 Å². The maximum absolute atomic E-state index is 6.13. The molecule has 1 aliphatic rings. The van der Waals surface area contributed by atoms with E-state index in [-0.39, 0.29) is 0 Å². The van der Waals surface area contributed by atoms with E-state index in [1.165, 1.54) is 0 Å². The third kappa shape index (κ3) is 3.29. The fourth-order valence-corrected chi connectivity index (χ4v) is 3.18. The van der Waals surface area contributed by atoms with Crippen LogP contribution in [0.3, 0.4) is 0 Å². The summed E-state index contributed by atoms with van der Waals surface area (Å²) in [5.41, 5.74) is 1.83. The van der Waals surface area contributed by atoms with E-state index in [0.717, 1.165) is 49.0 Å². The highest BCUT2D eigenvalue weighted by Gasteiger charge is 2.14. The Morgan fingerprint density at radius 1 is 1.40 bits per heavy atom. The minimum atomic E-state index is 0.633. The standard InChI is InChI=1S/C14H16ClN3OS/c15-12-8-16-4-1-11(12)13-9-20-14(18-13)17-7-10-2-5-19-6-3-10/h1,4,8-10H,2-3,5-7H2,(H,17,18). The van der Waals surface area contributed by atoms with Crippen molar-refractivity contribution in [2.45, 2.75) is 12.8 Å². The van der Waals surface area contributed by atoms with Gasteiger partial charge in [0.05, 0.1) is 10.7 Å². The number of hydrogen-bond donors (Lipinski definition) is 1. The highest BCUT2D eigenvalue weighted by atomic mass is 35.5. The quantitative estimate of drug-likeness (QED) is 0.935. The molecule has 1 saturated heterocycles. The second-order valence-electron chi connectivity index (χ2n) is 4.83. The second-order valence-corrected chi connectivity index (χ2v) is 6.10. The van der Waals surface area contributed by atoms with E-state index >= 15 is 0 Å². The van der Waals surface area contributed by atoms with Gasteiger partial charge in [-0.05, 0) is 24.8 Å². The number of anilines is 1. The average molecular weight is 310 g/mol. The van der Waals surface area contributed by atoms with Gasteiger partial charge in [0.1, 0.15) is 0 Å². The normalized spacial score (nSPS) is 16.2. The van der Waals surface area contributed by atoms with E-state index in [9.17, 15) is 0 Å². The molecule has 2 aromatic rings. The Balaban J connectivity index is 1.63. The first-order chi connectivity index (χ1) is 9.83. The zero-order valence-corrected chi connectivity index (χ0v) is 12.6. The first-order valence-electron chi connectivity index (χ1n) is 6.70. The van der Waals surface area contributed by atoms with Crippen molar-refractivity contribution < 1.29 is 4.74 Å². The van der Waals surface area contributed by atoms with E-state index in [2.05, 4.69) is 15.3 Å². The van der Waals surface area contributed by atoms with Gasteiger partial charge in [-0.15, -0.1) is 11.3 Å². The topological polar surface area (TPSA) is 47.0 Å². The molecule has 106 valence electrons. The number of nitrogens with zero attached hydrogens (tertiary/aromatic N) is 2. The summed E-state index contributed by atoms with van der Waals surface area (Å²) in [6.07, 6.45) is 5.63. The molecule has 0 saturated carbocycles. The summed E-state index contributed by atoms with van der Waals surface area (Å²) in [6, 6.07) is 1.89. The Bertz CT molecular complexity index is 569. The lowest BCUT2D eigenvalue weighted by molar-refractivity contribution is 0.0699. The van der Waals surface area contributed by atoms with Crippen LogP contribution >= 0.6 is 22.9 Å². The molecule has 20 heavy (non-hydrogen) atoms. The molecule has 0 unspecified atom stereocenters. The van der Waals surface area contributed by atoms with Crippen LogP contribution in [0.1, 0.15) is 12.8 Å². The van der Waals surface area contributed by atoms with Crippen molar-refractivity contribution in [1.82, 2.24) is 9.97 Å². The Hall–Kier alpha value is -1.17. The highest BCUT2D eigenvalue weighted by molar-refractivity contribution is 7.14.